The third-order valence-electron chi connectivity index (χ3n) is 3.19. The minimum absolute atomic E-state index is 0.0427. The maximum Gasteiger partial charge on any atom is 0.355 e. The standard InChI is InChI=1S/C16H11BrN2O3/c1-22-11-5-6-13-12(8-11)14(16(20)21)19-15(18-13)9-3-2-4-10(17)7-9/h2-8H,1H3,(H,20,21). The number of aromatic carboxylic acids is 1. The molecule has 0 aliphatic rings. The molecule has 6 heteroatoms. The summed E-state index contributed by atoms with van der Waals surface area (Å²) < 4.78 is 6.01. The zero-order valence-electron chi connectivity index (χ0n) is 11.6. The molecule has 0 spiro atoms. The molecule has 0 atom stereocenters. The molecule has 0 amide bonds. The molecule has 1 aromatic heterocycles. The van der Waals surface area contributed by atoms with Gasteiger partial charge in [-0.1, -0.05) is 28.1 Å². The van der Waals surface area contributed by atoms with Crippen LogP contribution in [-0.2, 0) is 0 Å². The van der Waals surface area contributed by atoms with Gasteiger partial charge in [-0.05, 0) is 30.3 Å². The lowest BCUT2D eigenvalue weighted by Gasteiger charge is -2.08. The Bertz CT molecular complexity index is 880. The molecule has 3 aromatic rings. The van der Waals surface area contributed by atoms with Gasteiger partial charge >= 0.3 is 5.97 Å². The number of rotatable bonds is 3. The van der Waals surface area contributed by atoms with Gasteiger partial charge in [-0.3, -0.25) is 0 Å². The third kappa shape index (κ3) is 2.65. The number of halogens is 1. The van der Waals surface area contributed by atoms with E-state index in [-0.39, 0.29) is 5.69 Å². The first kappa shape index (κ1) is 14.5. The summed E-state index contributed by atoms with van der Waals surface area (Å²) in [6.07, 6.45) is 0. The van der Waals surface area contributed by atoms with E-state index in [1.165, 1.54) is 7.11 Å². The molecule has 0 saturated heterocycles. The molecule has 0 saturated carbocycles. The number of fused-ring (bicyclic) bond motifs is 1. The van der Waals surface area contributed by atoms with Gasteiger partial charge in [0.15, 0.2) is 11.5 Å². The quantitative estimate of drug-likeness (QED) is 0.771. The summed E-state index contributed by atoms with van der Waals surface area (Å²) in [5, 5.41) is 9.88. The monoisotopic (exact) mass is 358 g/mol. The molecule has 2 aromatic carbocycles. The van der Waals surface area contributed by atoms with Crippen LogP contribution in [0.1, 0.15) is 10.5 Å². The van der Waals surface area contributed by atoms with Crippen LogP contribution >= 0.6 is 15.9 Å². The van der Waals surface area contributed by atoms with Gasteiger partial charge in [-0.2, -0.15) is 0 Å². The van der Waals surface area contributed by atoms with Crippen LogP contribution in [0.15, 0.2) is 46.9 Å². The topological polar surface area (TPSA) is 72.3 Å². The summed E-state index contributed by atoms with van der Waals surface area (Å²) in [6, 6.07) is 12.5. The lowest BCUT2D eigenvalue weighted by Crippen LogP contribution is -2.05. The molecular formula is C16H11BrN2O3. The van der Waals surface area contributed by atoms with Crippen molar-refractivity contribution in [2.75, 3.05) is 7.11 Å². The minimum atomic E-state index is -1.10. The summed E-state index contributed by atoms with van der Waals surface area (Å²) in [5.41, 5.74) is 1.26. The lowest BCUT2D eigenvalue weighted by atomic mass is 10.1. The van der Waals surface area contributed by atoms with Crippen molar-refractivity contribution >= 4 is 32.8 Å². The van der Waals surface area contributed by atoms with Gasteiger partial charge < -0.3 is 9.84 Å². The first-order valence-electron chi connectivity index (χ1n) is 6.43. The summed E-state index contributed by atoms with van der Waals surface area (Å²) in [7, 11) is 1.53. The Balaban J connectivity index is 2.28. The zero-order valence-corrected chi connectivity index (χ0v) is 13.2. The van der Waals surface area contributed by atoms with Crippen molar-refractivity contribution in [3.63, 3.8) is 0 Å². The van der Waals surface area contributed by atoms with E-state index in [0.29, 0.717) is 22.5 Å². The Labute approximate surface area is 134 Å². The first-order valence-corrected chi connectivity index (χ1v) is 7.23. The molecular weight excluding hydrogens is 348 g/mol. The van der Waals surface area contributed by atoms with Crippen molar-refractivity contribution in [3.05, 3.63) is 52.6 Å². The molecule has 1 N–H and O–H groups in total. The molecule has 0 aliphatic heterocycles. The van der Waals surface area contributed by atoms with Crippen LogP contribution in [0.3, 0.4) is 0 Å². The lowest BCUT2D eigenvalue weighted by molar-refractivity contribution is 0.0693. The SMILES string of the molecule is COc1ccc2nc(-c3cccc(Br)c3)nc(C(=O)O)c2c1. The van der Waals surface area contributed by atoms with Crippen LogP contribution in [0, 0.1) is 0 Å². The third-order valence-corrected chi connectivity index (χ3v) is 3.68. The predicted molar refractivity (Wildman–Crippen MR) is 86.2 cm³/mol. The smallest absolute Gasteiger partial charge is 0.355 e. The van der Waals surface area contributed by atoms with Crippen LogP contribution in [0.4, 0.5) is 0 Å². The van der Waals surface area contributed by atoms with Gasteiger partial charge in [0, 0.05) is 15.4 Å². The fraction of sp³-hybridized carbons (Fsp3) is 0.0625. The van der Waals surface area contributed by atoms with Crippen molar-refractivity contribution in [3.8, 4) is 17.1 Å². The molecule has 110 valence electrons. The highest BCUT2D eigenvalue weighted by molar-refractivity contribution is 9.10. The summed E-state index contributed by atoms with van der Waals surface area (Å²) in [4.78, 5) is 20.2. The molecule has 0 bridgehead atoms. The predicted octanol–water partition coefficient (Wildman–Crippen LogP) is 3.77. The molecule has 0 unspecified atom stereocenters. The molecule has 1 heterocycles. The number of aromatic nitrogens is 2. The van der Waals surface area contributed by atoms with Gasteiger partial charge in [0.05, 0.1) is 12.6 Å². The van der Waals surface area contributed by atoms with Gasteiger partial charge in [-0.15, -0.1) is 0 Å². The summed E-state index contributed by atoms with van der Waals surface area (Å²) in [6.45, 7) is 0. The highest BCUT2D eigenvalue weighted by Gasteiger charge is 2.15. The van der Waals surface area contributed by atoms with Gasteiger partial charge in [-0.25, -0.2) is 14.8 Å². The molecule has 3 rings (SSSR count). The molecule has 0 aliphatic carbocycles. The van der Waals surface area contributed by atoms with Crippen molar-refractivity contribution in [1.82, 2.24) is 9.97 Å². The number of carboxylic acid groups (broad SMARTS) is 1. The molecule has 0 fully saturated rings. The first-order chi connectivity index (χ1) is 10.6. The number of nitrogens with zero attached hydrogens (tertiary/aromatic N) is 2. The van der Waals surface area contributed by atoms with E-state index < -0.39 is 5.97 Å². The molecule has 22 heavy (non-hydrogen) atoms. The molecule has 5 nitrogen and oxygen atoms in total. The largest absolute Gasteiger partial charge is 0.497 e. The number of benzene rings is 2. The number of methoxy groups -OCH3 is 1. The Kier molecular flexibility index (Phi) is 3.77. The van der Waals surface area contributed by atoms with E-state index in [9.17, 15) is 9.90 Å². The van der Waals surface area contributed by atoms with Crippen molar-refractivity contribution < 1.29 is 14.6 Å². The normalized spacial score (nSPS) is 10.6. The van der Waals surface area contributed by atoms with Gasteiger partial charge in [0.2, 0.25) is 0 Å². The average Bonchev–Trinajstić information content (AvgIpc) is 2.53. The number of hydrogen-bond acceptors (Lipinski definition) is 4. The Morgan fingerprint density at radius 2 is 2.00 bits per heavy atom. The fourth-order valence-corrected chi connectivity index (χ4v) is 2.55. The molecule has 0 radical (unpaired) electrons. The Morgan fingerprint density at radius 1 is 1.18 bits per heavy atom. The number of ether oxygens (including phenoxy) is 1. The number of carboxylic acids is 1. The average molecular weight is 359 g/mol. The van der Waals surface area contributed by atoms with E-state index in [1.54, 1.807) is 18.2 Å². The second-order valence-corrected chi connectivity index (χ2v) is 5.51. The van der Waals surface area contributed by atoms with E-state index in [0.717, 1.165) is 10.0 Å². The Hall–Kier alpha value is -2.47. The second kappa shape index (κ2) is 5.73. The van der Waals surface area contributed by atoms with E-state index in [1.807, 2.05) is 24.3 Å². The van der Waals surface area contributed by atoms with Crippen molar-refractivity contribution in [1.29, 1.82) is 0 Å². The minimum Gasteiger partial charge on any atom is -0.497 e. The van der Waals surface area contributed by atoms with Crippen LogP contribution in [0.25, 0.3) is 22.3 Å². The van der Waals surface area contributed by atoms with Gasteiger partial charge in [0.1, 0.15) is 5.75 Å². The highest BCUT2D eigenvalue weighted by atomic mass is 79.9. The van der Waals surface area contributed by atoms with Crippen LogP contribution < -0.4 is 4.74 Å². The van der Waals surface area contributed by atoms with Crippen LogP contribution in [-0.4, -0.2) is 28.2 Å². The van der Waals surface area contributed by atoms with E-state index in [2.05, 4.69) is 25.9 Å². The van der Waals surface area contributed by atoms with Crippen molar-refractivity contribution in [2.45, 2.75) is 0 Å². The Morgan fingerprint density at radius 3 is 2.68 bits per heavy atom. The number of carbonyl (C=O) groups is 1. The van der Waals surface area contributed by atoms with Crippen LogP contribution in [0.2, 0.25) is 0 Å². The maximum atomic E-state index is 11.5. The van der Waals surface area contributed by atoms with Crippen molar-refractivity contribution in [2.24, 2.45) is 0 Å². The zero-order chi connectivity index (χ0) is 15.7. The summed E-state index contributed by atoms with van der Waals surface area (Å²) >= 11 is 3.39. The second-order valence-electron chi connectivity index (χ2n) is 4.59. The number of hydrogen-bond donors (Lipinski definition) is 1. The van der Waals surface area contributed by atoms with E-state index >= 15 is 0 Å². The fourth-order valence-electron chi connectivity index (χ4n) is 2.15. The highest BCUT2D eigenvalue weighted by Crippen LogP contribution is 2.26. The summed E-state index contributed by atoms with van der Waals surface area (Å²) in [5.74, 6) is -0.165. The van der Waals surface area contributed by atoms with E-state index in [4.69, 9.17) is 4.74 Å². The van der Waals surface area contributed by atoms with Gasteiger partial charge in [0.25, 0.3) is 0 Å². The maximum absolute atomic E-state index is 11.5. The van der Waals surface area contributed by atoms with Crippen LogP contribution in [0.5, 0.6) is 5.75 Å².